The van der Waals surface area contributed by atoms with E-state index in [0.29, 0.717) is 0 Å². The molecule has 7 aromatic heterocycles. The van der Waals surface area contributed by atoms with Gasteiger partial charge in [0.2, 0.25) is 0 Å². The van der Waals surface area contributed by atoms with Gasteiger partial charge in [-0.3, -0.25) is 0 Å². The van der Waals surface area contributed by atoms with Crippen molar-refractivity contribution in [2.24, 2.45) is 0 Å². The van der Waals surface area contributed by atoms with Crippen molar-refractivity contribution in [3.05, 3.63) is 424 Å². The van der Waals surface area contributed by atoms with Gasteiger partial charge in [0.25, 0.3) is 0 Å². The van der Waals surface area contributed by atoms with Crippen molar-refractivity contribution in [1.82, 2.24) is 32.0 Å². The molecule has 0 spiro atoms. The molecule has 0 bridgehead atoms. The van der Waals surface area contributed by atoms with E-state index in [2.05, 4.69) is 455 Å². The number of fused-ring (bicyclic) bond motifs is 28. The molecule has 0 saturated heterocycles. The number of nitrogens with zero attached hydrogens (tertiary/aromatic N) is 8. The smallest absolute Gasteiger partial charge is 0.0788 e. The third kappa shape index (κ3) is 9.40. The van der Waals surface area contributed by atoms with Crippen LogP contribution in [0.15, 0.2) is 419 Å². The van der Waals surface area contributed by atoms with Crippen molar-refractivity contribution in [2.45, 2.75) is 12.5 Å². The summed E-state index contributed by atoms with van der Waals surface area (Å²) in [5, 5.41) is 16.8. The van der Waals surface area contributed by atoms with E-state index in [1.165, 1.54) is 103 Å². The first-order valence-corrected chi connectivity index (χ1v) is 42.3. The summed E-state index contributed by atoms with van der Waals surface area (Å²) < 4.78 is 17.8. The number of rotatable bonds is 10. The van der Waals surface area contributed by atoms with E-state index in [0.717, 1.165) is 140 Å². The molecule has 2 aliphatic rings. The van der Waals surface area contributed by atoms with Crippen LogP contribution in [0.1, 0.15) is 12.0 Å². The average Bonchev–Trinajstić information content (AvgIpc) is 1.55. The van der Waals surface area contributed by atoms with Gasteiger partial charge in [-0.15, -0.1) is 0 Å². The van der Waals surface area contributed by atoms with Crippen LogP contribution < -0.4 is 4.90 Å². The summed E-state index contributed by atoms with van der Waals surface area (Å²) in [6, 6.07) is 150. The van der Waals surface area contributed by atoms with Gasteiger partial charge in [-0.05, 0) is 168 Å². The fraction of sp³-hybridized carbons (Fsp3) is 0.0175. The zero-order chi connectivity index (χ0) is 79.5. The number of hydrogen-bond acceptors (Lipinski definition) is 1. The standard InChI is InChI=1S/C114H72N8/c1-5-32-75(33-6-1)115-99-48-21-13-40-83(99)91-56-60-95-87-44-17-25-52-103(87)119(111(95)107(91)115)79-65-73(66-80(69-79)120-104-53-26-18-45-88(104)96-61-57-92-84-41-14-22-49-100(84)116(108(92)112(96)120)76-34-7-2-8-35-76)71-30-29-31-72(64-71)74-67-81(121-105-54-27-19-46-89(105)97-62-58-93-85-42-15-23-50-101(85)117(109(93)113(97)121)77-36-9-3-10-37-77)70-82(68-74)122-106-55-28-20-47-90(106)98-63-59-94-86-43-16-24-51-102(86)118(110(94)114(98)122)78-38-11-4-12-39-78/h1-54,56-70,106H,55H2. The fourth-order valence-electron chi connectivity index (χ4n) is 21.7. The lowest BCUT2D eigenvalue weighted by Crippen LogP contribution is -2.27. The third-order valence-corrected chi connectivity index (χ3v) is 26.7. The minimum atomic E-state index is -0.0177. The molecule has 0 amide bonds. The Hall–Kier alpha value is -16.2. The number of para-hydroxylation sites is 11. The predicted molar refractivity (Wildman–Crippen MR) is 512 cm³/mol. The molecule has 0 radical (unpaired) electrons. The number of anilines is 2. The Labute approximate surface area is 700 Å². The van der Waals surface area contributed by atoms with Crippen LogP contribution in [0, 0.1) is 0 Å². The monoisotopic (exact) mass is 1550 g/mol. The van der Waals surface area contributed by atoms with Crippen molar-refractivity contribution in [2.75, 3.05) is 4.90 Å². The minimum Gasteiger partial charge on any atom is -0.331 e. The first-order chi connectivity index (χ1) is 60.6. The molecule has 1 aliphatic heterocycles. The van der Waals surface area contributed by atoms with Crippen LogP contribution >= 0.6 is 0 Å². The van der Waals surface area contributed by atoms with Gasteiger partial charge in [0.05, 0.1) is 89.0 Å². The highest BCUT2D eigenvalue weighted by Gasteiger charge is 2.39. The molecule has 568 valence electrons. The Bertz CT molecular complexity index is 8610. The minimum absolute atomic E-state index is 0.0177. The number of allylic oxidation sites excluding steroid dienone is 2. The molecule has 0 fully saturated rings. The van der Waals surface area contributed by atoms with E-state index in [9.17, 15) is 0 Å². The van der Waals surface area contributed by atoms with Crippen molar-refractivity contribution < 1.29 is 0 Å². The topological polar surface area (TPSA) is 37.8 Å². The molecule has 8 heterocycles. The lowest BCUT2D eigenvalue weighted by Gasteiger charge is -2.30. The van der Waals surface area contributed by atoms with Gasteiger partial charge < -0.3 is 36.9 Å². The maximum absolute atomic E-state index is 2.72. The molecule has 8 nitrogen and oxygen atoms in total. The van der Waals surface area contributed by atoms with Crippen molar-refractivity contribution in [1.29, 1.82) is 0 Å². The van der Waals surface area contributed by atoms with Gasteiger partial charge in [-0.1, -0.05) is 285 Å². The van der Waals surface area contributed by atoms with Crippen molar-refractivity contribution >= 4 is 170 Å². The highest BCUT2D eigenvalue weighted by Crippen LogP contribution is 2.55. The molecular formula is C114H72N8. The Morgan fingerprint density at radius 3 is 0.779 bits per heavy atom. The van der Waals surface area contributed by atoms with Gasteiger partial charge in [-0.25, -0.2) is 0 Å². The molecule has 122 heavy (non-hydrogen) atoms. The second kappa shape index (κ2) is 25.7. The van der Waals surface area contributed by atoms with E-state index in [4.69, 9.17) is 0 Å². The zero-order valence-corrected chi connectivity index (χ0v) is 66.2. The maximum Gasteiger partial charge on any atom is 0.0788 e. The number of benzene rings is 18. The van der Waals surface area contributed by atoms with E-state index in [1.807, 2.05) is 0 Å². The van der Waals surface area contributed by atoms with Crippen LogP contribution in [-0.2, 0) is 0 Å². The Morgan fingerprint density at radius 1 is 0.189 bits per heavy atom. The lowest BCUT2D eigenvalue weighted by atomic mass is 9.95. The quantitative estimate of drug-likeness (QED) is 0.134. The van der Waals surface area contributed by atoms with Crippen LogP contribution in [0.3, 0.4) is 0 Å². The summed E-state index contributed by atoms with van der Waals surface area (Å²) in [6.07, 6.45) is 7.85. The first kappa shape index (κ1) is 66.9. The van der Waals surface area contributed by atoms with Gasteiger partial charge in [-0.2, -0.15) is 0 Å². The largest absolute Gasteiger partial charge is 0.331 e. The molecule has 27 rings (SSSR count). The van der Waals surface area contributed by atoms with Crippen LogP contribution in [0.2, 0.25) is 0 Å². The predicted octanol–water partition coefficient (Wildman–Crippen LogP) is 29.6. The normalized spacial score (nSPS) is 13.6. The maximum atomic E-state index is 2.72. The van der Waals surface area contributed by atoms with Crippen LogP contribution in [0.25, 0.3) is 220 Å². The second-order valence-corrected chi connectivity index (χ2v) is 33.0. The first-order valence-electron chi connectivity index (χ1n) is 42.3. The Balaban J connectivity index is 0.765. The summed E-state index contributed by atoms with van der Waals surface area (Å²) >= 11 is 0. The summed E-state index contributed by atoms with van der Waals surface area (Å²) in [6.45, 7) is 0. The van der Waals surface area contributed by atoms with Gasteiger partial charge in [0.15, 0.2) is 0 Å². The van der Waals surface area contributed by atoms with Crippen molar-refractivity contribution in [3.63, 3.8) is 0 Å². The molecule has 0 saturated carbocycles. The summed E-state index contributed by atoms with van der Waals surface area (Å²) in [5.41, 5.74) is 32.9. The fourth-order valence-corrected chi connectivity index (χ4v) is 21.7. The summed E-state index contributed by atoms with van der Waals surface area (Å²) in [4.78, 5) is 2.72. The van der Waals surface area contributed by atoms with E-state index in [-0.39, 0.29) is 6.04 Å². The molecular weight excluding hydrogens is 1480 g/mol. The molecule has 18 aromatic carbocycles. The van der Waals surface area contributed by atoms with E-state index in [1.54, 1.807) is 0 Å². The molecule has 1 aliphatic carbocycles. The van der Waals surface area contributed by atoms with Crippen molar-refractivity contribution in [3.8, 4) is 62.1 Å². The molecule has 25 aromatic rings. The zero-order valence-electron chi connectivity index (χ0n) is 66.2. The summed E-state index contributed by atoms with van der Waals surface area (Å²) in [7, 11) is 0. The highest BCUT2D eigenvalue weighted by molar-refractivity contribution is 6.28. The van der Waals surface area contributed by atoms with E-state index < -0.39 is 0 Å². The SMILES string of the molecule is C1=CCC2C(=C1)c1ccc3c4ccccc4n(-c4ccccc4)c3c1N2c1cc(-c2cccc(-c3cc(-n4c5ccccc5c5ccc6c7ccccc7n(-c7ccccc7)c6c54)cc(-n4c5ccccc5c5ccc6c7ccccc7n(-c7ccccc7)c6c54)c3)c2)cc(-n2c3ccccc3c3ccc4c5ccccc5n(-c5ccccc5)c4c32)c1. The Kier molecular flexibility index (Phi) is 14.1. The molecule has 1 unspecified atom stereocenters. The van der Waals surface area contributed by atoms with Gasteiger partial charge >= 0.3 is 0 Å². The molecule has 0 N–H and O–H groups in total. The second-order valence-electron chi connectivity index (χ2n) is 33.0. The van der Waals surface area contributed by atoms with Crippen LogP contribution in [0.5, 0.6) is 0 Å². The molecule has 8 heteroatoms. The lowest BCUT2D eigenvalue weighted by molar-refractivity contribution is 0.829. The van der Waals surface area contributed by atoms with Crippen LogP contribution in [0.4, 0.5) is 11.4 Å². The number of hydrogen-bond donors (Lipinski definition) is 0. The van der Waals surface area contributed by atoms with Crippen LogP contribution in [-0.4, -0.2) is 38.0 Å². The third-order valence-electron chi connectivity index (χ3n) is 26.7. The van der Waals surface area contributed by atoms with E-state index >= 15 is 0 Å². The average molecular weight is 1550 g/mol. The highest BCUT2D eigenvalue weighted by atomic mass is 15.2. The Morgan fingerprint density at radius 2 is 0.451 bits per heavy atom. The molecule has 1 atom stereocenters. The number of aromatic nitrogens is 7. The van der Waals surface area contributed by atoms with Gasteiger partial charge in [0, 0.05) is 126 Å². The van der Waals surface area contributed by atoms with Gasteiger partial charge in [0.1, 0.15) is 0 Å². The summed E-state index contributed by atoms with van der Waals surface area (Å²) in [5.74, 6) is 0.